The highest BCUT2D eigenvalue weighted by atomic mass is 16.6. The summed E-state index contributed by atoms with van der Waals surface area (Å²) in [7, 11) is 0. The van der Waals surface area contributed by atoms with E-state index in [2.05, 4.69) is 0 Å². The number of hydrogen-bond acceptors (Lipinski definition) is 10. The summed E-state index contributed by atoms with van der Waals surface area (Å²) in [5.74, 6) is -6.01. The molecule has 206 valence electrons. The zero-order valence-corrected chi connectivity index (χ0v) is 22.3. The van der Waals surface area contributed by atoms with Gasteiger partial charge in [-0.2, -0.15) is 0 Å². The van der Waals surface area contributed by atoms with E-state index in [9.17, 15) is 34.8 Å². The van der Waals surface area contributed by atoms with Crippen molar-refractivity contribution in [2.45, 2.75) is 95.6 Å². The molecule has 5 rings (SSSR count). The Morgan fingerprint density at radius 1 is 1.24 bits per heavy atom. The van der Waals surface area contributed by atoms with Crippen LogP contribution in [-0.2, 0) is 28.6 Å². The first-order chi connectivity index (χ1) is 17.0. The second-order valence-corrected chi connectivity index (χ2v) is 12.5. The summed E-state index contributed by atoms with van der Waals surface area (Å²) in [6, 6.07) is 0. The maximum Gasteiger partial charge on any atom is 0.309 e. The molecule has 37 heavy (non-hydrogen) atoms. The average Bonchev–Trinajstić information content (AvgIpc) is 3.66. The number of hydrogen-bond donors (Lipinski definition) is 4. The predicted octanol–water partition coefficient (Wildman–Crippen LogP) is 0.280. The molecule has 5 aliphatic rings. The van der Waals surface area contributed by atoms with Crippen LogP contribution in [-0.4, -0.2) is 85.5 Å². The molecule has 0 spiro atoms. The van der Waals surface area contributed by atoms with Gasteiger partial charge in [0.2, 0.25) is 0 Å². The predicted molar refractivity (Wildman–Crippen MR) is 127 cm³/mol. The molecule has 0 bridgehead atoms. The lowest BCUT2D eigenvalue weighted by Crippen LogP contribution is -2.69. The van der Waals surface area contributed by atoms with Crippen LogP contribution in [0.3, 0.4) is 0 Å². The van der Waals surface area contributed by atoms with Crippen molar-refractivity contribution >= 4 is 17.7 Å². The lowest BCUT2D eigenvalue weighted by molar-refractivity contribution is -0.245. The first-order valence-corrected chi connectivity index (χ1v) is 13.1. The SMILES string of the molecule is CCC(C)C(=O)OC12C(OC(C)=O)C(C)C3(O)C(C4OC4(CO)C(O)C4(O)C(=O)C(C)=CC43)C1C2(C)C. The fourth-order valence-corrected chi connectivity index (χ4v) is 8.28. The van der Waals surface area contributed by atoms with Gasteiger partial charge in [0.05, 0.1) is 24.2 Å². The van der Waals surface area contributed by atoms with Crippen LogP contribution in [0, 0.1) is 35.0 Å². The molecule has 4 N–H and O–H groups in total. The number of rotatable bonds is 5. The number of epoxide rings is 1. The van der Waals surface area contributed by atoms with Gasteiger partial charge in [-0.05, 0) is 18.9 Å². The third kappa shape index (κ3) is 2.81. The van der Waals surface area contributed by atoms with Gasteiger partial charge in [-0.3, -0.25) is 14.4 Å². The van der Waals surface area contributed by atoms with E-state index in [0.717, 1.165) is 0 Å². The summed E-state index contributed by atoms with van der Waals surface area (Å²) in [4.78, 5) is 38.8. The topological polar surface area (TPSA) is 163 Å². The van der Waals surface area contributed by atoms with E-state index in [4.69, 9.17) is 14.2 Å². The normalized spacial score (nSPS) is 51.4. The van der Waals surface area contributed by atoms with E-state index >= 15 is 0 Å². The Hall–Kier alpha value is -1.85. The number of ketones is 1. The molecule has 12 atom stereocenters. The molecule has 0 radical (unpaired) electrons. The smallest absolute Gasteiger partial charge is 0.309 e. The van der Waals surface area contributed by atoms with Crippen LogP contribution in [0.15, 0.2) is 11.6 Å². The van der Waals surface area contributed by atoms with Crippen LogP contribution >= 0.6 is 0 Å². The van der Waals surface area contributed by atoms with Crippen LogP contribution < -0.4 is 0 Å². The molecule has 4 fully saturated rings. The first-order valence-electron chi connectivity index (χ1n) is 13.1. The molecule has 3 saturated carbocycles. The number of Topliss-reactive ketones (excluding diaryl/α,β-unsaturated/α-hetero) is 1. The van der Waals surface area contributed by atoms with E-state index < -0.39 is 100 Å². The van der Waals surface area contributed by atoms with Crippen molar-refractivity contribution in [1.82, 2.24) is 0 Å². The molecular formula is C27H38O10. The van der Waals surface area contributed by atoms with Crippen molar-refractivity contribution in [1.29, 1.82) is 0 Å². The molecule has 0 aromatic heterocycles. The van der Waals surface area contributed by atoms with Crippen molar-refractivity contribution in [2.75, 3.05) is 6.61 Å². The zero-order valence-electron chi connectivity index (χ0n) is 22.3. The van der Waals surface area contributed by atoms with E-state index in [-0.39, 0.29) is 5.57 Å². The molecule has 0 aromatic rings. The largest absolute Gasteiger partial charge is 0.458 e. The Balaban J connectivity index is 1.74. The number of aliphatic hydroxyl groups excluding tert-OH is 2. The summed E-state index contributed by atoms with van der Waals surface area (Å²) < 4.78 is 18.0. The monoisotopic (exact) mass is 522 g/mol. The standard InChI is InChI=1S/C27H38O10/c1-8-11(2)21(31)37-27-17(23(27,6)7)16-20-24(10-28,36-20)22(32)26(34)15(9-12(3)18(26)30)25(16,33)13(4)19(27)35-14(5)29/h9,11,13,15-17,19-20,22,28,32-34H,8,10H2,1-7H3. The lowest BCUT2D eigenvalue weighted by atomic mass is 9.58. The third-order valence-corrected chi connectivity index (χ3v) is 10.6. The number of carbonyl (C=O) groups is 3. The number of aliphatic hydroxyl groups is 4. The maximum atomic E-state index is 13.3. The number of carbonyl (C=O) groups excluding carboxylic acids is 3. The zero-order chi connectivity index (χ0) is 27.7. The van der Waals surface area contributed by atoms with E-state index in [0.29, 0.717) is 6.42 Å². The van der Waals surface area contributed by atoms with Crippen molar-refractivity contribution < 1.29 is 49.0 Å². The van der Waals surface area contributed by atoms with Crippen molar-refractivity contribution in [3.63, 3.8) is 0 Å². The second-order valence-electron chi connectivity index (χ2n) is 12.5. The fourth-order valence-electron chi connectivity index (χ4n) is 8.28. The van der Waals surface area contributed by atoms with Gasteiger partial charge < -0.3 is 34.6 Å². The van der Waals surface area contributed by atoms with Crippen LogP contribution in [0.2, 0.25) is 0 Å². The molecule has 1 saturated heterocycles. The van der Waals surface area contributed by atoms with E-state index in [1.165, 1.54) is 19.9 Å². The van der Waals surface area contributed by atoms with Gasteiger partial charge in [-0.1, -0.05) is 40.7 Å². The molecule has 0 aromatic carbocycles. The van der Waals surface area contributed by atoms with Gasteiger partial charge in [-0.15, -0.1) is 0 Å². The number of ether oxygens (including phenoxy) is 3. The highest BCUT2D eigenvalue weighted by Crippen LogP contribution is 2.79. The highest BCUT2D eigenvalue weighted by molar-refractivity contribution is 6.05. The fraction of sp³-hybridized carbons (Fsp3) is 0.815. The molecule has 0 amide bonds. The van der Waals surface area contributed by atoms with Crippen LogP contribution in [0.25, 0.3) is 0 Å². The minimum atomic E-state index is -2.47. The molecule has 4 aliphatic carbocycles. The quantitative estimate of drug-likeness (QED) is 0.291. The van der Waals surface area contributed by atoms with Gasteiger partial charge in [0.25, 0.3) is 0 Å². The summed E-state index contributed by atoms with van der Waals surface area (Å²) in [5, 5.41) is 46.3. The Kier molecular flexibility index (Phi) is 5.51. The van der Waals surface area contributed by atoms with Gasteiger partial charge in [0, 0.05) is 36.0 Å². The Morgan fingerprint density at radius 2 is 1.86 bits per heavy atom. The van der Waals surface area contributed by atoms with Crippen molar-refractivity contribution in [2.24, 2.45) is 35.0 Å². The van der Waals surface area contributed by atoms with Crippen LogP contribution in [0.4, 0.5) is 0 Å². The lowest BCUT2D eigenvalue weighted by Gasteiger charge is -2.53. The first kappa shape index (κ1) is 26.7. The highest BCUT2D eigenvalue weighted by Gasteiger charge is 2.93. The Bertz CT molecular complexity index is 1100. The minimum Gasteiger partial charge on any atom is -0.458 e. The second kappa shape index (κ2) is 7.63. The van der Waals surface area contributed by atoms with Gasteiger partial charge >= 0.3 is 11.9 Å². The average molecular weight is 523 g/mol. The summed E-state index contributed by atoms with van der Waals surface area (Å²) in [6.45, 7) is 11.0. The molecule has 1 heterocycles. The van der Waals surface area contributed by atoms with E-state index in [1.54, 1.807) is 13.8 Å². The number of esters is 2. The van der Waals surface area contributed by atoms with Gasteiger partial charge in [0.1, 0.15) is 17.8 Å². The van der Waals surface area contributed by atoms with Gasteiger partial charge in [-0.25, -0.2) is 0 Å². The summed E-state index contributed by atoms with van der Waals surface area (Å²) >= 11 is 0. The summed E-state index contributed by atoms with van der Waals surface area (Å²) in [5.41, 5.74) is -8.05. The molecule has 12 unspecified atom stereocenters. The molecule has 10 heteroatoms. The minimum absolute atomic E-state index is 0.164. The maximum absolute atomic E-state index is 13.3. The van der Waals surface area contributed by atoms with Gasteiger partial charge in [0.15, 0.2) is 17.0 Å². The third-order valence-electron chi connectivity index (χ3n) is 10.6. The van der Waals surface area contributed by atoms with Crippen molar-refractivity contribution in [3.05, 3.63) is 11.6 Å². The van der Waals surface area contributed by atoms with Crippen molar-refractivity contribution in [3.8, 4) is 0 Å². The molecule has 1 aliphatic heterocycles. The molecule has 10 nitrogen and oxygen atoms in total. The Morgan fingerprint density at radius 3 is 2.41 bits per heavy atom. The number of fused-ring (bicyclic) bond motifs is 7. The summed E-state index contributed by atoms with van der Waals surface area (Å²) in [6.07, 6.45) is -1.88. The molecular weight excluding hydrogens is 484 g/mol. The Labute approximate surface area is 216 Å². The van der Waals surface area contributed by atoms with Crippen LogP contribution in [0.5, 0.6) is 0 Å². The van der Waals surface area contributed by atoms with E-state index in [1.807, 2.05) is 20.8 Å². The van der Waals surface area contributed by atoms with Crippen LogP contribution in [0.1, 0.15) is 54.9 Å².